The van der Waals surface area contributed by atoms with Crippen molar-refractivity contribution in [2.75, 3.05) is 13.6 Å². The third-order valence-electron chi connectivity index (χ3n) is 7.68. The van der Waals surface area contributed by atoms with Gasteiger partial charge in [0.05, 0.1) is 0 Å². The summed E-state index contributed by atoms with van der Waals surface area (Å²) in [4.78, 5) is 5.04. The minimum atomic E-state index is 0.622. The van der Waals surface area contributed by atoms with E-state index in [1.54, 1.807) is 0 Å². The topological polar surface area (TPSA) is 6.48 Å². The van der Waals surface area contributed by atoms with Crippen molar-refractivity contribution < 1.29 is 0 Å². The third-order valence-corrected chi connectivity index (χ3v) is 7.68. The Hall–Kier alpha value is -0.660. The van der Waals surface area contributed by atoms with E-state index >= 15 is 0 Å². The molecule has 0 radical (unpaired) electrons. The van der Waals surface area contributed by atoms with Gasteiger partial charge < -0.3 is 9.80 Å². The first-order chi connectivity index (χ1) is 16.3. The average Bonchev–Trinajstić information content (AvgIpc) is 3.17. The molecule has 0 aliphatic carbocycles. The van der Waals surface area contributed by atoms with Gasteiger partial charge in [0.15, 0.2) is 0 Å². The zero-order valence-electron chi connectivity index (χ0n) is 23.3. The van der Waals surface area contributed by atoms with Crippen LogP contribution in [0.15, 0.2) is 12.4 Å². The van der Waals surface area contributed by atoms with Crippen LogP contribution in [0.4, 0.5) is 0 Å². The molecule has 0 saturated carbocycles. The first-order valence-corrected chi connectivity index (χ1v) is 15.5. The van der Waals surface area contributed by atoms with E-state index in [-0.39, 0.29) is 0 Å². The van der Waals surface area contributed by atoms with Gasteiger partial charge in [0, 0.05) is 26.0 Å². The number of nitrogens with zero attached hydrogens (tertiary/aromatic N) is 2. The van der Waals surface area contributed by atoms with E-state index in [4.69, 9.17) is 0 Å². The van der Waals surface area contributed by atoms with E-state index < -0.39 is 0 Å². The second-order valence-corrected chi connectivity index (χ2v) is 10.9. The number of rotatable bonds is 25. The molecule has 1 atom stereocenters. The summed E-state index contributed by atoms with van der Waals surface area (Å²) < 4.78 is 0. The summed E-state index contributed by atoms with van der Waals surface area (Å²) in [6.45, 7) is 5.86. The van der Waals surface area contributed by atoms with Crippen LogP contribution in [0.1, 0.15) is 168 Å². The van der Waals surface area contributed by atoms with Crippen molar-refractivity contribution in [2.24, 2.45) is 0 Å². The number of unbranched alkanes of at least 4 members (excludes halogenated alkanes) is 21. The molecule has 0 saturated heterocycles. The lowest BCUT2D eigenvalue weighted by molar-refractivity contribution is 0.159. The molecule has 0 spiro atoms. The van der Waals surface area contributed by atoms with E-state index in [0.29, 0.717) is 6.17 Å². The molecule has 0 aromatic rings. The Morgan fingerprint density at radius 2 is 0.818 bits per heavy atom. The van der Waals surface area contributed by atoms with Crippen molar-refractivity contribution >= 4 is 0 Å². The fourth-order valence-electron chi connectivity index (χ4n) is 5.34. The Bertz CT molecular complexity index is 419. The summed E-state index contributed by atoms with van der Waals surface area (Å²) >= 11 is 0. The molecule has 33 heavy (non-hydrogen) atoms. The van der Waals surface area contributed by atoms with Gasteiger partial charge in [0.25, 0.3) is 0 Å². The summed E-state index contributed by atoms with van der Waals surface area (Å²) in [5, 5.41) is 0. The van der Waals surface area contributed by atoms with Gasteiger partial charge in [-0.25, -0.2) is 0 Å². The Morgan fingerprint density at radius 3 is 1.24 bits per heavy atom. The molecule has 2 nitrogen and oxygen atoms in total. The summed E-state index contributed by atoms with van der Waals surface area (Å²) in [5.41, 5.74) is 0. The van der Waals surface area contributed by atoms with Crippen molar-refractivity contribution in [1.29, 1.82) is 0 Å². The maximum atomic E-state index is 2.61. The molecule has 0 aromatic carbocycles. The lowest BCUT2D eigenvalue weighted by atomic mass is 10.0. The highest BCUT2D eigenvalue weighted by Crippen LogP contribution is 2.21. The number of hydrogen-bond donors (Lipinski definition) is 0. The molecule has 196 valence electrons. The van der Waals surface area contributed by atoms with Crippen LogP contribution in [-0.2, 0) is 0 Å². The maximum Gasteiger partial charge on any atom is 0.100 e. The number of hydrogen-bond acceptors (Lipinski definition) is 2. The van der Waals surface area contributed by atoms with Gasteiger partial charge in [-0.15, -0.1) is 0 Å². The van der Waals surface area contributed by atoms with E-state index in [1.165, 1.54) is 161 Å². The molecule has 1 aliphatic rings. The van der Waals surface area contributed by atoms with Gasteiger partial charge in [-0.05, 0) is 19.3 Å². The molecule has 2 heteroatoms. The molecule has 0 fully saturated rings. The van der Waals surface area contributed by atoms with Crippen LogP contribution < -0.4 is 0 Å². The Kier molecular flexibility index (Phi) is 21.3. The van der Waals surface area contributed by atoms with Crippen LogP contribution in [0.2, 0.25) is 0 Å². The van der Waals surface area contributed by atoms with Crippen molar-refractivity contribution in [3.8, 4) is 0 Å². The molecule has 1 aliphatic heterocycles. The van der Waals surface area contributed by atoms with Crippen LogP contribution in [-0.4, -0.2) is 29.6 Å². The highest BCUT2D eigenvalue weighted by molar-refractivity contribution is 4.95. The zero-order valence-corrected chi connectivity index (χ0v) is 23.3. The van der Waals surface area contributed by atoms with E-state index in [0.717, 1.165) is 0 Å². The Labute approximate surface area is 210 Å². The van der Waals surface area contributed by atoms with Gasteiger partial charge >= 0.3 is 0 Å². The summed E-state index contributed by atoms with van der Waals surface area (Å²) in [7, 11) is 2.26. The second kappa shape index (κ2) is 23.1. The molecule has 0 aromatic heterocycles. The highest BCUT2D eigenvalue weighted by Gasteiger charge is 2.22. The first kappa shape index (κ1) is 30.4. The molecule has 1 unspecified atom stereocenters. The smallest absolute Gasteiger partial charge is 0.100 e. The largest absolute Gasteiger partial charge is 0.359 e. The quantitative estimate of drug-likeness (QED) is 0.124. The third kappa shape index (κ3) is 17.4. The monoisotopic (exact) mass is 462 g/mol. The summed E-state index contributed by atoms with van der Waals surface area (Å²) in [6, 6.07) is 0. The summed E-state index contributed by atoms with van der Waals surface area (Å²) in [6.07, 6.45) is 39.7. The van der Waals surface area contributed by atoms with E-state index in [2.05, 4.69) is 43.1 Å². The fourth-order valence-corrected chi connectivity index (χ4v) is 5.34. The van der Waals surface area contributed by atoms with Crippen molar-refractivity contribution in [1.82, 2.24) is 9.80 Å². The predicted molar refractivity (Wildman–Crippen MR) is 150 cm³/mol. The van der Waals surface area contributed by atoms with Gasteiger partial charge in [-0.1, -0.05) is 149 Å². The van der Waals surface area contributed by atoms with Crippen molar-refractivity contribution in [3.63, 3.8) is 0 Å². The molecule has 0 amide bonds. The second-order valence-electron chi connectivity index (χ2n) is 10.9. The fraction of sp³-hybridized carbons (Fsp3) is 0.935. The minimum absolute atomic E-state index is 0.622. The SMILES string of the molecule is CCCCCCCCCCCCCCCCCCCN1C=CN(C)C1CCCCCCCC. The van der Waals surface area contributed by atoms with Crippen LogP contribution in [0, 0.1) is 0 Å². The Morgan fingerprint density at radius 1 is 0.455 bits per heavy atom. The van der Waals surface area contributed by atoms with Crippen molar-refractivity contribution in [2.45, 2.75) is 174 Å². The minimum Gasteiger partial charge on any atom is -0.359 e. The average molecular weight is 463 g/mol. The maximum absolute atomic E-state index is 2.61. The molecule has 0 bridgehead atoms. The highest BCUT2D eigenvalue weighted by atomic mass is 15.4. The summed E-state index contributed by atoms with van der Waals surface area (Å²) in [5.74, 6) is 0. The van der Waals surface area contributed by atoms with Crippen LogP contribution in [0.5, 0.6) is 0 Å². The molecule has 1 heterocycles. The molecule has 0 N–H and O–H groups in total. The first-order valence-electron chi connectivity index (χ1n) is 15.5. The van der Waals surface area contributed by atoms with Gasteiger partial charge in [-0.3, -0.25) is 0 Å². The van der Waals surface area contributed by atoms with Crippen LogP contribution in [0.25, 0.3) is 0 Å². The molecule has 1 rings (SSSR count). The predicted octanol–water partition coefficient (Wildman–Crippen LogP) is 10.4. The van der Waals surface area contributed by atoms with Gasteiger partial charge in [-0.2, -0.15) is 0 Å². The van der Waals surface area contributed by atoms with Crippen LogP contribution >= 0.6 is 0 Å². The lowest BCUT2D eigenvalue weighted by Crippen LogP contribution is -2.37. The van der Waals surface area contributed by atoms with Gasteiger partial charge in [0.1, 0.15) is 6.17 Å². The van der Waals surface area contributed by atoms with Crippen LogP contribution in [0.3, 0.4) is 0 Å². The van der Waals surface area contributed by atoms with E-state index in [9.17, 15) is 0 Å². The zero-order chi connectivity index (χ0) is 23.8. The van der Waals surface area contributed by atoms with E-state index in [1.807, 2.05) is 0 Å². The molecular formula is C31H62N2. The standard InChI is InChI=1S/C31H62N2/c1-4-6-8-10-12-13-14-15-16-17-18-19-20-21-22-24-26-28-33-30-29-32(3)31(33)27-25-23-11-9-7-5-2/h29-31H,4-28H2,1-3H3. The van der Waals surface area contributed by atoms with Crippen molar-refractivity contribution in [3.05, 3.63) is 12.4 Å². The normalized spacial score (nSPS) is 15.8. The van der Waals surface area contributed by atoms with Gasteiger partial charge in [0.2, 0.25) is 0 Å². The lowest BCUT2D eigenvalue weighted by Gasteiger charge is -2.30. The Balaban J connectivity index is 1.85. The molecular weight excluding hydrogens is 400 g/mol.